The summed E-state index contributed by atoms with van der Waals surface area (Å²) in [6.45, 7) is 19.2. The van der Waals surface area contributed by atoms with Crippen molar-refractivity contribution in [2.75, 3.05) is 18.5 Å². The van der Waals surface area contributed by atoms with E-state index in [1.807, 2.05) is 45.0 Å². The second-order valence-electron chi connectivity index (χ2n) is 11.7. The highest BCUT2D eigenvalue weighted by Crippen LogP contribution is 2.37. The lowest BCUT2D eigenvalue weighted by atomic mass is 9.95. The first kappa shape index (κ1) is 26.8. The van der Waals surface area contributed by atoms with Crippen LogP contribution in [0.3, 0.4) is 0 Å². The second-order valence-corrected chi connectivity index (χ2v) is 16.5. The first-order valence-corrected chi connectivity index (χ1v) is 15.1. The predicted molar refractivity (Wildman–Crippen MR) is 144 cm³/mol. The zero-order chi connectivity index (χ0) is 26.0. The molecule has 6 nitrogen and oxygen atoms in total. The van der Waals surface area contributed by atoms with Crippen molar-refractivity contribution in [3.8, 4) is 17.2 Å². The number of hydrogen-bond donors (Lipinski definition) is 1. The zero-order valence-corrected chi connectivity index (χ0v) is 23.4. The molecule has 0 aliphatic carbocycles. The van der Waals surface area contributed by atoms with E-state index in [9.17, 15) is 10.1 Å². The summed E-state index contributed by atoms with van der Waals surface area (Å²) in [5.74, 6) is 0. The van der Waals surface area contributed by atoms with Gasteiger partial charge in [0.25, 0.3) is 0 Å². The van der Waals surface area contributed by atoms with Crippen molar-refractivity contribution in [2.45, 2.75) is 78.4 Å². The Morgan fingerprint density at radius 2 is 1.74 bits per heavy atom. The Hall–Kier alpha value is -2.82. The van der Waals surface area contributed by atoms with Gasteiger partial charge in [0.2, 0.25) is 0 Å². The maximum absolute atomic E-state index is 12.8. The first-order chi connectivity index (χ1) is 16.2. The molecular formula is C28H39N3O3Si. The maximum atomic E-state index is 12.8. The largest absolute Gasteiger partial charge is 0.444 e. The summed E-state index contributed by atoms with van der Waals surface area (Å²) in [7, 11) is -1.80. The van der Waals surface area contributed by atoms with Crippen molar-refractivity contribution in [1.82, 2.24) is 4.90 Å². The number of amides is 1. The van der Waals surface area contributed by atoms with Crippen molar-refractivity contribution in [3.05, 3.63) is 53.1 Å². The van der Waals surface area contributed by atoms with Crippen LogP contribution in [-0.4, -0.2) is 38.1 Å². The molecule has 2 aromatic carbocycles. The number of ether oxygens (including phenoxy) is 1. The Balaban J connectivity index is 1.83. The van der Waals surface area contributed by atoms with Gasteiger partial charge in [-0.3, -0.25) is 4.90 Å². The second kappa shape index (κ2) is 10.0. The Labute approximate surface area is 211 Å². The van der Waals surface area contributed by atoms with E-state index < -0.39 is 13.9 Å². The summed E-state index contributed by atoms with van der Waals surface area (Å²) in [5, 5.41) is 12.9. The van der Waals surface area contributed by atoms with Gasteiger partial charge in [0.1, 0.15) is 5.60 Å². The number of fused-ring (bicyclic) bond motifs is 1. The smallest absolute Gasteiger partial charge is 0.410 e. The van der Waals surface area contributed by atoms with Gasteiger partial charge in [0, 0.05) is 18.8 Å². The molecule has 0 radical (unpaired) electrons. The summed E-state index contributed by atoms with van der Waals surface area (Å²) >= 11 is 0. The van der Waals surface area contributed by atoms with Gasteiger partial charge in [-0.2, -0.15) is 5.26 Å². The third kappa shape index (κ3) is 6.65. The molecule has 2 aromatic rings. The lowest BCUT2D eigenvalue weighted by molar-refractivity contribution is 0.0242. The van der Waals surface area contributed by atoms with Crippen LogP contribution in [0.15, 0.2) is 36.4 Å². The molecular weight excluding hydrogens is 454 g/mol. The van der Waals surface area contributed by atoms with Gasteiger partial charge in [0.05, 0.1) is 24.8 Å². The van der Waals surface area contributed by atoms with Crippen LogP contribution < -0.4 is 5.32 Å². The Morgan fingerprint density at radius 3 is 2.31 bits per heavy atom. The molecule has 1 aliphatic heterocycles. The molecule has 188 valence electrons. The SMILES string of the molecule is CC(C)(C)OC(=O)N1Cc2cc(NCCO[Si](C)(C)C(C)(C)C)cc(-c3ccc(C#N)cc3)c2C1. The van der Waals surface area contributed by atoms with E-state index in [2.05, 4.69) is 57.4 Å². The molecule has 0 aromatic heterocycles. The van der Waals surface area contributed by atoms with Crippen LogP contribution in [0, 0.1) is 11.3 Å². The molecule has 0 unspecified atom stereocenters. The normalized spacial score (nSPS) is 13.9. The molecule has 0 spiro atoms. The Kier molecular flexibility index (Phi) is 7.68. The number of nitrogens with zero attached hydrogens (tertiary/aromatic N) is 2. The summed E-state index contributed by atoms with van der Waals surface area (Å²) in [6, 6.07) is 14.0. The van der Waals surface area contributed by atoms with Gasteiger partial charge >= 0.3 is 6.09 Å². The van der Waals surface area contributed by atoms with Gasteiger partial charge in [-0.05, 0) is 85.4 Å². The Bertz CT molecular complexity index is 1110. The molecule has 0 atom stereocenters. The fraction of sp³-hybridized carbons (Fsp3) is 0.500. The van der Waals surface area contributed by atoms with Crippen LogP contribution in [0.5, 0.6) is 0 Å². The van der Waals surface area contributed by atoms with E-state index in [-0.39, 0.29) is 11.1 Å². The summed E-state index contributed by atoms with van der Waals surface area (Å²) in [5.41, 5.74) is 5.37. The van der Waals surface area contributed by atoms with E-state index in [1.54, 1.807) is 4.90 Å². The number of carbonyl (C=O) groups is 1. The van der Waals surface area contributed by atoms with Crippen LogP contribution in [0.1, 0.15) is 58.2 Å². The van der Waals surface area contributed by atoms with Crippen LogP contribution in [-0.2, 0) is 22.3 Å². The van der Waals surface area contributed by atoms with E-state index >= 15 is 0 Å². The van der Waals surface area contributed by atoms with E-state index in [0.717, 1.165) is 27.9 Å². The highest BCUT2D eigenvalue weighted by Gasteiger charge is 2.37. The average molecular weight is 494 g/mol. The van der Waals surface area contributed by atoms with Gasteiger partial charge in [0.15, 0.2) is 8.32 Å². The third-order valence-electron chi connectivity index (χ3n) is 6.73. The van der Waals surface area contributed by atoms with Gasteiger partial charge in [-0.25, -0.2) is 4.79 Å². The minimum Gasteiger partial charge on any atom is -0.444 e. The van der Waals surface area contributed by atoms with Crippen LogP contribution in [0.4, 0.5) is 10.5 Å². The van der Waals surface area contributed by atoms with Gasteiger partial charge in [-0.1, -0.05) is 32.9 Å². The van der Waals surface area contributed by atoms with Crippen LogP contribution in [0.2, 0.25) is 18.1 Å². The van der Waals surface area contributed by atoms with Gasteiger partial charge in [-0.15, -0.1) is 0 Å². The Morgan fingerprint density at radius 1 is 1.09 bits per heavy atom. The molecule has 1 amide bonds. The molecule has 0 saturated carbocycles. The predicted octanol–water partition coefficient (Wildman–Crippen LogP) is 6.91. The number of carbonyl (C=O) groups excluding carboxylic acids is 1. The minimum absolute atomic E-state index is 0.175. The number of hydrogen-bond acceptors (Lipinski definition) is 5. The quantitative estimate of drug-likeness (QED) is 0.349. The molecule has 7 heteroatoms. The minimum atomic E-state index is -1.80. The zero-order valence-electron chi connectivity index (χ0n) is 22.4. The van der Waals surface area contributed by atoms with Crippen molar-refractivity contribution in [1.29, 1.82) is 5.26 Å². The highest BCUT2D eigenvalue weighted by molar-refractivity contribution is 6.74. The number of nitriles is 1. The maximum Gasteiger partial charge on any atom is 0.410 e. The fourth-order valence-corrected chi connectivity index (χ4v) is 4.82. The molecule has 1 N–H and O–H groups in total. The number of nitrogens with one attached hydrogen (secondary N) is 1. The molecule has 3 rings (SSSR count). The lowest BCUT2D eigenvalue weighted by Crippen LogP contribution is -2.41. The van der Waals surface area contributed by atoms with Crippen molar-refractivity contribution in [3.63, 3.8) is 0 Å². The van der Waals surface area contributed by atoms with Gasteiger partial charge < -0.3 is 14.5 Å². The summed E-state index contributed by atoms with van der Waals surface area (Å²) < 4.78 is 11.9. The molecule has 0 saturated heterocycles. The van der Waals surface area contributed by atoms with E-state index in [1.165, 1.54) is 0 Å². The highest BCUT2D eigenvalue weighted by atomic mass is 28.4. The molecule has 35 heavy (non-hydrogen) atoms. The standard InChI is InChI=1S/C28H39N3O3Si/c1-27(2,3)34-26(32)31-18-22-15-23(30-13-14-33-35(7,8)28(4,5)6)16-24(25(22)19-31)21-11-9-20(17-29)10-12-21/h9-12,15-16,30H,13-14,18-19H2,1-8H3. The number of rotatable bonds is 6. The van der Waals surface area contributed by atoms with E-state index in [0.29, 0.717) is 31.8 Å². The summed E-state index contributed by atoms with van der Waals surface area (Å²) in [4.78, 5) is 14.5. The van der Waals surface area contributed by atoms with Crippen molar-refractivity contribution in [2.24, 2.45) is 0 Å². The number of benzene rings is 2. The van der Waals surface area contributed by atoms with Crippen LogP contribution in [0.25, 0.3) is 11.1 Å². The van der Waals surface area contributed by atoms with E-state index in [4.69, 9.17) is 9.16 Å². The van der Waals surface area contributed by atoms with Crippen molar-refractivity contribution < 1.29 is 14.0 Å². The lowest BCUT2D eigenvalue weighted by Gasteiger charge is -2.36. The third-order valence-corrected chi connectivity index (χ3v) is 11.3. The number of anilines is 1. The molecule has 0 fully saturated rings. The first-order valence-electron chi connectivity index (χ1n) is 12.2. The molecule has 1 heterocycles. The van der Waals surface area contributed by atoms with Crippen LogP contribution >= 0.6 is 0 Å². The average Bonchev–Trinajstić information content (AvgIpc) is 3.19. The summed E-state index contributed by atoms with van der Waals surface area (Å²) in [6.07, 6.45) is -0.309. The fourth-order valence-electron chi connectivity index (χ4n) is 3.77. The molecule has 1 aliphatic rings. The van der Waals surface area contributed by atoms with Crippen molar-refractivity contribution >= 4 is 20.1 Å². The monoisotopic (exact) mass is 493 g/mol. The topological polar surface area (TPSA) is 74.6 Å². The molecule has 0 bridgehead atoms.